The van der Waals surface area contributed by atoms with Crippen LogP contribution in [0.2, 0.25) is 0 Å². The molecule has 2 saturated heterocycles. The third-order valence-corrected chi connectivity index (χ3v) is 4.21. The first-order valence-electron chi connectivity index (χ1n) is 7.59. The molecule has 2 rings (SSSR count). The summed E-state index contributed by atoms with van der Waals surface area (Å²) in [5, 5.41) is 3.37. The van der Waals surface area contributed by atoms with Gasteiger partial charge in [0.15, 0.2) is 0 Å². The van der Waals surface area contributed by atoms with E-state index in [1.165, 1.54) is 25.7 Å². The van der Waals surface area contributed by atoms with E-state index in [1.807, 2.05) is 0 Å². The molecule has 2 aliphatic rings. The van der Waals surface area contributed by atoms with Crippen LogP contribution in [0, 0.1) is 0 Å². The molecule has 4 nitrogen and oxygen atoms in total. The summed E-state index contributed by atoms with van der Waals surface area (Å²) in [6.45, 7) is 6.97. The van der Waals surface area contributed by atoms with Crippen molar-refractivity contribution in [1.82, 2.24) is 15.1 Å². The van der Waals surface area contributed by atoms with Crippen LogP contribution in [0.25, 0.3) is 0 Å². The van der Waals surface area contributed by atoms with Crippen LogP contribution >= 0.6 is 0 Å². The van der Waals surface area contributed by atoms with E-state index in [1.54, 1.807) is 0 Å². The number of likely N-dealkylation sites (tertiary alicyclic amines) is 1. The predicted octanol–water partition coefficient (Wildman–Crippen LogP) is 2.06. The van der Waals surface area contributed by atoms with Crippen molar-refractivity contribution >= 4 is 6.03 Å². The Hall–Kier alpha value is -0.770. The summed E-state index contributed by atoms with van der Waals surface area (Å²) in [4.78, 5) is 16.8. The maximum absolute atomic E-state index is 12.6. The average molecular weight is 253 g/mol. The molecule has 0 atom stereocenters. The van der Waals surface area contributed by atoms with Gasteiger partial charge in [0.05, 0.1) is 0 Å². The molecule has 2 fully saturated rings. The zero-order chi connectivity index (χ0) is 12.8. The Labute approximate surface area is 111 Å². The Morgan fingerprint density at radius 1 is 1.17 bits per heavy atom. The van der Waals surface area contributed by atoms with Crippen molar-refractivity contribution in [3.63, 3.8) is 0 Å². The fourth-order valence-corrected chi connectivity index (χ4v) is 3.11. The minimum atomic E-state index is 0.284. The largest absolute Gasteiger partial charge is 0.325 e. The summed E-state index contributed by atoms with van der Waals surface area (Å²) in [6.07, 6.45) is 7.12. The lowest BCUT2D eigenvalue weighted by Gasteiger charge is -2.37. The second kappa shape index (κ2) is 6.98. The maximum Gasteiger partial charge on any atom is 0.320 e. The van der Waals surface area contributed by atoms with E-state index < -0.39 is 0 Å². The molecular formula is C14H27N3O. The zero-order valence-electron chi connectivity index (χ0n) is 11.7. The van der Waals surface area contributed by atoms with Crippen LogP contribution < -0.4 is 5.32 Å². The molecule has 0 unspecified atom stereocenters. The van der Waals surface area contributed by atoms with Gasteiger partial charge in [0.1, 0.15) is 0 Å². The van der Waals surface area contributed by atoms with Crippen molar-refractivity contribution in [2.75, 3.05) is 32.7 Å². The topological polar surface area (TPSA) is 35.6 Å². The van der Waals surface area contributed by atoms with Gasteiger partial charge in [0.25, 0.3) is 0 Å². The predicted molar refractivity (Wildman–Crippen MR) is 73.7 cm³/mol. The van der Waals surface area contributed by atoms with Crippen LogP contribution in [0.5, 0.6) is 0 Å². The van der Waals surface area contributed by atoms with Gasteiger partial charge in [-0.2, -0.15) is 0 Å². The van der Waals surface area contributed by atoms with Crippen molar-refractivity contribution < 1.29 is 4.79 Å². The van der Waals surface area contributed by atoms with Gasteiger partial charge in [-0.3, -0.25) is 0 Å². The quantitative estimate of drug-likeness (QED) is 0.817. The molecule has 104 valence electrons. The maximum atomic E-state index is 12.6. The van der Waals surface area contributed by atoms with E-state index in [9.17, 15) is 4.79 Å². The Morgan fingerprint density at radius 3 is 2.33 bits per heavy atom. The van der Waals surface area contributed by atoms with Gasteiger partial charge in [0, 0.05) is 25.7 Å². The van der Waals surface area contributed by atoms with Gasteiger partial charge in [-0.1, -0.05) is 12.8 Å². The number of nitrogens with zero attached hydrogens (tertiary/aromatic N) is 2. The van der Waals surface area contributed by atoms with E-state index in [2.05, 4.69) is 22.0 Å². The first-order valence-corrected chi connectivity index (χ1v) is 7.59. The minimum absolute atomic E-state index is 0.284. The number of piperidine rings is 1. The monoisotopic (exact) mass is 253 g/mol. The van der Waals surface area contributed by atoms with Crippen molar-refractivity contribution in [3.8, 4) is 0 Å². The smallest absolute Gasteiger partial charge is 0.320 e. The van der Waals surface area contributed by atoms with Gasteiger partial charge >= 0.3 is 6.03 Å². The molecule has 0 aromatic heterocycles. The fraction of sp³-hybridized carbons (Fsp3) is 0.929. The SMILES string of the molecule is CCN(C(=O)N1CCCCCC1)C1CCNCC1. The molecular weight excluding hydrogens is 226 g/mol. The highest BCUT2D eigenvalue weighted by atomic mass is 16.2. The third kappa shape index (κ3) is 3.37. The highest BCUT2D eigenvalue weighted by molar-refractivity contribution is 5.74. The van der Waals surface area contributed by atoms with Gasteiger partial charge in [-0.25, -0.2) is 4.79 Å². The van der Waals surface area contributed by atoms with Crippen LogP contribution in [0.15, 0.2) is 0 Å². The van der Waals surface area contributed by atoms with E-state index >= 15 is 0 Å². The normalized spacial score (nSPS) is 22.6. The summed E-state index contributed by atoms with van der Waals surface area (Å²) in [5.41, 5.74) is 0. The molecule has 0 bridgehead atoms. The zero-order valence-corrected chi connectivity index (χ0v) is 11.7. The number of carbonyl (C=O) groups is 1. The molecule has 2 aliphatic heterocycles. The van der Waals surface area contributed by atoms with Crippen molar-refractivity contribution in [1.29, 1.82) is 0 Å². The second-order valence-corrected chi connectivity index (χ2v) is 5.45. The molecule has 4 heteroatoms. The van der Waals surface area contributed by atoms with Crippen LogP contribution in [0.4, 0.5) is 4.79 Å². The standard InChI is InChI=1S/C14H27N3O/c1-2-17(13-7-9-15-10-8-13)14(18)16-11-5-3-4-6-12-16/h13,15H,2-12H2,1H3. The van der Waals surface area contributed by atoms with Gasteiger partial charge < -0.3 is 15.1 Å². The summed E-state index contributed by atoms with van der Waals surface area (Å²) >= 11 is 0. The Bertz CT molecular complexity index is 256. The van der Waals surface area contributed by atoms with E-state index in [0.717, 1.165) is 45.6 Å². The molecule has 0 aliphatic carbocycles. The van der Waals surface area contributed by atoms with Gasteiger partial charge in [0.2, 0.25) is 0 Å². The Morgan fingerprint density at radius 2 is 1.78 bits per heavy atom. The summed E-state index contributed by atoms with van der Waals surface area (Å²) < 4.78 is 0. The van der Waals surface area contributed by atoms with Crippen LogP contribution in [-0.4, -0.2) is 54.6 Å². The number of amides is 2. The number of hydrogen-bond donors (Lipinski definition) is 1. The molecule has 1 N–H and O–H groups in total. The van der Waals surface area contributed by atoms with E-state index in [0.29, 0.717) is 6.04 Å². The van der Waals surface area contributed by atoms with E-state index in [4.69, 9.17) is 0 Å². The first-order chi connectivity index (χ1) is 8.83. The first kappa shape index (κ1) is 13.7. The molecule has 18 heavy (non-hydrogen) atoms. The molecule has 2 amide bonds. The van der Waals surface area contributed by atoms with Crippen LogP contribution in [0.3, 0.4) is 0 Å². The number of carbonyl (C=O) groups excluding carboxylic acids is 1. The van der Waals surface area contributed by atoms with Gasteiger partial charge in [-0.05, 0) is 45.7 Å². The Kier molecular flexibility index (Phi) is 5.29. The van der Waals surface area contributed by atoms with Crippen molar-refractivity contribution in [3.05, 3.63) is 0 Å². The highest BCUT2D eigenvalue weighted by Gasteiger charge is 2.27. The number of hydrogen-bond acceptors (Lipinski definition) is 2. The fourth-order valence-electron chi connectivity index (χ4n) is 3.11. The summed E-state index contributed by atoms with van der Waals surface area (Å²) in [5.74, 6) is 0. The van der Waals surface area contributed by atoms with Crippen LogP contribution in [-0.2, 0) is 0 Å². The summed E-state index contributed by atoms with van der Waals surface area (Å²) in [6, 6.07) is 0.735. The van der Waals surface area contributed by atoms with Crippen LogP contribution in [0.1, 0.15) is 45.4 Å². The van der Waals surface area contributed by atoms with E-state index in [-0.39, 0.29) is 6.03 Å². The van der Waals surface area contributed by atoms with Crippen molar-refractivity contribution in [2.24, 2.45) is 0 Å². The average Bonchev–Trinajstić information content (AvgIpc) is 2.69. The highest BCUT2D eigenvalue weighted by Crippen LogP contribution is 2.17. The lowest BCUT2D eigenvalue weighted by molar-refractivity contribution is 0.126. The number of rotatable bonds is 2. The van der Waals surface area contributed by atoms with Gasteiger partial charge in [-0.15, -0.1) is 0 Å². The number of nitrogens with one attached hydrogen (secondary N) is 1. The molecule has 0 radical (unpaired) electrons. The Balaban J connectivity index is 1.94. The molecule has 0 spiro atoms. The molecule has 0 aromatic carbocycles. The lowest BCUT2D eigenvalue weighted by Crippen LogP contribution is -2.51. The minimum Gasteiger partial charge on any atom is -0.325 e. The number of urea groups is 1. The van der Waals surface area contributed by atoms with Crippen molar-refractivity contribution in [2.45, 2.75) is 51.5 Å². The third-order valence-electron chi connectivity index (χ3n) is 4.21. The molecule has 2 heterocycles. The molecule has 0 saturated carbocycles. The summed E-state index contributed by atoms with van der Waals surface area (Å²) in [7, 11) is 0. The molecule has 0 aromatic rings. The lowest BCUT2D eigenvalue weighted by atomic mass is 10.1. The second-order valence-electron chi connectivity index (χ2n) is 5.45.